The minimum absolute atomic E-state index is 0.0234. The van der Waals surface area contributed by atoms with Crippen LogP contribution in [-0.2, 0) is 11.3 Å². The largest absolute Gasteiger partial charge is 0.389 e. The summed E-state index contributed by atoms with van der Waals surface area (Å²) >= 11 is 6.22. The zero-order valence-electron chi connectivity index (χ0n) is 18.4. The minimum atomic E-state index is -1.06. The Kier molecular flexibility index (Phi) is 8.79. The van der Waals surface area contributed by atoms with Gasteiger partial charge in [0, 0.05) is 13.0 Å². The number of hydrogen-bond acceptors (Lipinski definition) is 7. The van der Waals surface area contributed by atoms with Crippen molar-refractivity contribution in [1.82, 2.24) is 19.7 Å². The molecule has 1 aromatic heterocycles. The number of ether oxygens (including phenoxy) is 1. The summed E-state index contributed by atoms with van der Waals surface area (Å²) in [7, 11) is 1.39. The van der Waals surface area contributed by atoms with Crippen molar-refractivity contribution >= 4 is 17.5 Å². The summed E-state index contributed by atoms with van der Waals surface area (Å²) in [4.78, 5) is 37.8. The Bertz CT molecular complexity index is 1080. The maximum atomic E-state index is 12.9. The molecule has 0 radical (unpaired) electrons. The van der Waals surface area contributed by atoms with Gasteiger partial charge in [0.2, 0.25) is 0 Å². The Labute approximate surface area is 195 Å². The van der Waals surface area contributed by atoms with Gasteiger partial charge in [0.25, 0.3) is 11.5 Å². The molecule has 33 heavy (non-hydrogen) atoms. The van der Waals surface area contributed by atoms with E-state index in [0.29, 0.717) is 0 Å². The van der Waals surface area contributed by atoms with Crippen molar-refractivity contribution in [2.24, 2.45) is 5.92 Å². The maximum absolute atomic E-state index is 12.9. The molecule has 1 aromatic carbocycles. The molecule has 1 fully saturated rings. The van der Waals surface area contributed by atoms with Gasteiger partial charge in [0.05, 0.1) is 35.5 Å². The second-order valence-electron chi connectivity index (χ2n) is 8.23. The molecule has 1 saturated carbocycles. The monoisotopic (exact) mass is 480 g/mol. The van der Waals surface area contributed by atoms with Gasteiger partial charge in [-0.2, -0.15) is 9.78 Å². The highest BCUT2D eigenvalue weighted by Gasteiger charge is 2.24. The van der Waals surface area contributed by atoms with Crippen LogP contribution in [-0.4, -0.2) is 56.5 Å². The lowest BCUT2D eigenvalue weighted by Gasteiger charge is -2.22. The SMILES string of the molecule is COC[C@H](O)Cn1c(=O)cnn(-c2ccc(Cl)c(C(=O)NC(O)C3CCCCCC3)c2)c1=O. The fourth-order valence-electron chi connectivity index (χ4n) is 4.01. The standard InChI is InChI=1S/C22H29ClN4O6/c1-33-13-16(28)12-26-19(29)11-24-27(22(26)32)15-8-9-18(23)17(10-15)21(31)25-20(30)14-6-4-2-3-5-7-14/h8-11,14,16,20,28,30H,2-7,12-13H2,1H3,(H,25,31)/t16-,20?/m1/s1. The Morgan fingerprint density at radius 1 is 1.24 bits per heavy atom. The van der Waals surface area contributed by atoms with Gasteiger partial charge < -0.3 is 20.3 Å². The highest BCUT2D eigenvalue weighted by Crippen LogP contribution is 2.25. The molecule has 2 atom stereocenters. The number of hydrogen-bond donors (Lipinski definition) is 3. The predicted octanol–water partition coefficient (Wildman–Crippen LogP) is 1.07. The van der Waals surface area contributed by atoms with Crippen LogP contribution in [0.5, 0.6) is 0 Å². The van der Waals surface area contributed by atoms with Crippen LogP contribution in [0.3, 0.4) is 0 Å². The Morgan fingerprint density at radius 2 is 1.94 bits per heavy atom. The summed E-state index contributed by atoms with van der Waals surface area (Å²) in [6.45, 7) is -0.328. The summed E-state index contributed by atoms with van der Waals surface area (Å²) in [5.41, 5.74) is -1.20. The van der Waals surface area contributed by atoms with E-state index in [2.05, 4.69) is 10.4 Å². The van der Waals surface area contributed by atoms with Crippen molar-refractivity contribution in [3.8, 4) is 5.69 Å². The van der Waals surface area contributed by atoms with Crippen molar-refractivity contribution in [3.05, 3.63) is 55.8 Å². The summed E-state index contributed by atoms with van der Waals surface area (Å²) in [6, 6.07) is 4.29. The number of amides is 1. The fourth-order valence-corrected chi connectivity index (χ4v) is 4.21. The summed E-state index contributed by atoms with van der Waals surface area (Å²) in [5, 5.41) is 27.1. The average Bonchev–Trinajstić information content (AvgIpc) is 3.07. The zero-order valence-corrected chi connectivity index (χ0v) is 19.2. The molecule has 1 aliphatic rings. The quantitative estimate of drug-likeness (QED) is 0.380. The van der Waals surface area contributed by atoms with E-state index in [1.54, 1.807) is 0 Å². The molecule has 3 rings (SSSR count). The second kappa shape index (κ2) is 11.6. The fraction of sp³-hybridized carbons (Fsp3) is 0.545. The number of carbonyl (C=O) groups is 1. The van der Waals surface area contributed by atoms with Crippen LogP contribution >= 0.6 is 11.6 Å². The first-order chi connectivity index (χ1) is 15.8. The van der Waals surface area contributed by atoms with Crippen molar-refractivity contribution < 1.29 is 19.7 Å². The van der Waals surface area contributed by atoms with E-state index in [-0.39, 0.29) is 35.3 Å². The molecule has 11 heteroatoms. The van der Waals surface area contributed by atoms with Crippen molar-refractivity contribution in [1.29, 1.82) is 0 Å². The summed E-state index contributed by atoms with van der Waals surface area (Å²) in [6.07, 6.45) is 4.83. The Hall–Kier alpha value is -2.53. The van der Waals surface area contributed by atoms with Gasteiger partial charge in [-0.25, -0.2) is 4.79 Å². The topological polar surface area (TPSA) is 136 Å². The van der Waals surface area contributed by atoms with E-state index in [9.17, 15) is 24.6 Å². The number of rotatable bonds is 8. The first kappa shape index (κ1) is 25.1. The first-order valence-electron chi connectivity index (χ1n) is 11.0. The van der Waals surface area contributed by atoms with E-state index in [1.165, 1.54) is 25.3 Å². The third-order valence-corrected chi connectivity index (χ3v) is 6.11. The summed E-state index contributed by atoms with van der Waals surface area (Å²) in [5.74, 6) is -0.597. The second-order valence-corrected chi connectivity index (χ2v) is 8.64. The summed E-state index contributed by atoms with van der Waals surface area (Å²) < 4.78 is 6.61. The lowest BCUT2D eigenvalue weighted by molar-refractivity contribution is 0.0518. The number of methoxy groups -OCH3 is 1. The highest BCUT2D eigenvalue weighted by atomic mass is 35.5. The van der Waals surface area contributed by atoms with Crippen LogP contribution in [0.25, 0.3) is 5.69 Å². The Balaban J connectivity index is 1.86. The molecule has 1 aliphatic carbocycles. The van der Waals surface area contributed by atoms with Crippen LogP contribution in [0.4, 0.5) is 0 Å². The molecule has 0 spiro atoms. The smallest absolute Gasteiger partial charge is 0.352 e. The normalized spacial score (nSPS) is 16.7. The molecule has 0 bridgehead atoms. The number of aromatic nitrogens is 3. The highest BCUT2D eigenvalue weighted by molar-refractivity contribution is 6.33. The maximum Gasteiger partial charge on any atom is 0.352 e. The van der Waals surface area contributed by atoms with Crippen LogP contribution in [0.1, 0.15) is 48.9 Å². The van der Waals surface area contributed by atoms with Crippen LogP contribution in [0, 0.1) is 5.92 Å². The molecule has 10 nitrogen and oxygen atoms in total. The predicted molar refractivity (Wildman–Crippen MR) is 122 cm³/mol. The molecule has 1 amide bonds. The van der Waals surface area contributed by atoms with E-state index in [0.717, 1.165) is 54.0 Å². The molecule has 0 saturated heterocycles. The van der Waals surface area contributed by atoms with Gasteiger partial charge in [-0.05, 0) is 31.0 Å². The van der Waals surface area contributed by atoms with Gasteiger partial charge in [-0.3, -0.25) is 14.2 Å². The van der Waals surface area contributed by atoms with Gasteiger partial charge in [-0.1, -0.05) is 37.3 Å². The number of nitrogens with one attached hydrogen (secondary N) is 1. The van der Waals surface area contributed by atoms with E-state index in [4.69, 9.17) is 16.3 Å². The number of halogens is 1. The minimum Gasteiger partial charge on any atom is -0.389 e. The molecule has 180 valence electrons. The molecular formula is C22H29ClN4O6. The van der Waals surface area contributed by atoms with Gasteiger partial charge >= 0.3 is 5.69 Å². The number of nitrogens with zero attached hydrogens (tertiary/aromatic N) is 3. The van der Waals surface area contributed by atoms with Gasteiger partial charge in [0.15, 0.2) is 0 Å². The number of carbonyl (C=O) groups excluding carboxylic acids is 1. The van der Waals surface area contributed by atoms with Gasteiger partial charge in [0.1, 0.15) is 12.4 Å². The zero-order chi connectivity index (χ0) is 24.0. The first-order valence-corrected chi connectivity index (χ1v) is 11.3. The number of aliphatic hydroxyl groups is 2. The Morgan fingerprint density at radius 3 is 2.61 bits per heavy atom. The van der Waals surface area contributed by atoms with E-state index < -0.39 is 29.5 Å². The van der Waals surface area contributed by atoms with Crippen molar-refractivity contribution in [2.75, 3.05) is 13.7 Å². The van der Waals surface area contributed by atoms with Crippen molar-refractivity contribution in [2.45, 2.75) is 57.4 Å². The van der Waals surface area contributed by atoms with E-state index >= 15 is 0 Å². The van der Waals surface area contributed by atoms with Crippen molar-refractivity contribution in [3.63, 3.8) is 0 Å². The molecule has 1 heterocycles. The van der Waals surface area contributed by atoms with E-state index in [1.807, 2.05) is 0 Å². The molecule has 2 aromatic rings. The number of benzene rings is 1. The third kappa shape index (κ3) is 6.29. The van der Waals surface area contributed by atoms with Crippen LogP contribution in [0.15, 0.2) is 34.0 Å². The van der Waals surface area contributed by atoms with Gasteiger partial charge in [-0.15, -0.1) is 0 Å². The lowest BCUT2D eigenvalue weighted by Crippen LogP contribution is -2.43. The molecule has 3 N–H and O–H groups in total. The third-order valence-electron chi connectivity index (χ3n) is 5.78. The molecule has 1 unspecified atom stereocenters. The number of aliphatic hydroxyl groups excluding tert-OH is 2. The van der Waals surface area contributed by atoms with Crippen LogP contribution < -0.4 is 16.6 Å². The van der Waals surface area contributed by atoms with Crippen LogP contribution in [0.2, 0.25) is 5.02 Å². The molecular weight excluding hydrogens is 452 g/mol. The lowest BCUT2D eigenvalue weighted by atomic mass is 9.98. The average molecular weight is 481 g/mol. The molecule has 0 aliphatic heterocycles.